The monoisotopic (exact) mass is 360 g/mol. The number of halogens is 1. The second-order valence-electron chi connectivity index (χ2n) is 8.34. The van der Waals surface area contributed by atoms with Crippen molar-refractivity contribution < 1.29 is 14.0 Å². The van der Waals surface area contributed by atoms with Gasteiger partial charge in [-0.15, -0.1) is 0 Å². The molecular formula is C21H29FN2O2. The average Bonchev–Trinajstić information content (AvgIpc) is 3.23. The fourth-order valence-corrected chi connectivity index (χ4v) is 4.69. The van der Waals surface area contributed by atoms with Crippen LogP contribution in [-0.4, -0.2) is 23.9 Å². The number of carbonyl (C=O) groups is 2. The smallest absolute Gasteiger partial charge is 0.251 e. The van der Waals surface area contributed by atoms with Gasteiger partial charge >= 0.3 is 0 Å². The molecule has 26 heavy (non-hydrogen) atoms. The molecule has 2 bridgehead atoms. The van der Waals surface area contributed by atoms with E-state index in [0.29, 0.717) is 11.5 Å². The predicted octanol–water partition coefficient (Wildman–Crippen LogP) is 3.52. The number of nitrogens with one attached hydrogen (secondary N) is 2. The van der Waals surface area contributed by atoms with Crippen LogP contribution in [0, 0.1) is 29.5 Å². The molecule has 5 unspecified atom stereocenters. The van der Waals surface area contributed by atoms with E-state index in [9.17, 15) is 14.0 Å². The molecule has 0 radical (unpaired) electrons. The van der Waals surface area contributed by atoms with Crippen LogP contribution in [0.3, 0.4) is 0 Å². The van der Waals surface area contributed by atoms with Crippen molar-refractivity contribution in [1.29, 1.82) is 0 Å². The largest absolute Gasteiger partial charge is 0.352 e. The average molecular weight is 360 g/mol. The molecule has 1 aromatic carbocycles. The third-order valence-electron chi connectivity index (χ3n) is 6.15. The minimum absolute atomic E-state index is 0.0355. The zero-order valence-electron chi connectivity index (χ0n) is 15.8. The SMILES string of the molecule is CC(C)C(NC(=O)c1ccc(F)cc1)C(=O)NC(C)C1CC2CCC1C2. The molecule has 2 amide bonds. The third kappa shape index (κ3) is 4.08. The first-order chi connectivity index (χ1) is 12.3. The summed E-state index contributed by atoms with van der Waals surface area (Å²) in [4.78, 5) is 25.2. The summed E-state index contributed by atoms with van der Waals surface area (Å²) in [6.07, 6.45) is 5.13. The molecule has 0 spiro atoms. The Hall–Kier alpha value is -1.91. The molecule has 2 aliphatic rings. The van der Waals surface area contributed by atoms with E-state index >= 15 is 0 Å². The van der Waals surface area contributed by atoms with E-state index in [2.05, 4.69) is 17.6 Å². The van der Waals surface area contributed by atoms with Crippen LogP contribution in [0.2, 0.25) is 0 Å². The van der Waals surface area contributed by atoms with Crippen molar-refractivity contribution in [2.45, 2.75) is 58.5 Å². The van der Waals surface area contributed by atoms with Crippen LogP contribution >= 0.6 is 0 Å². The van der Waals surface area contributed by atoms with E-state index in [-0.39, 0.29) is 29.6 Å². The van der Waals surface area contributed by atoms with Gasteiger partial charge in [0.25, 0.3) is 5.91 Å². The maximum Gasteiger partial charge on any atom is 0.251 e. The summed E-state index contributed by atoms with van der Waals surface area (Å²) in [7, 11) is 0. The highest BCUT2D eigenvalue weighted by Gasteiger charge is 2.42. The number of carbonyl (C=O) groups excluding carboxylic acids is 2. The lowest BCUT2D eigenvalue weighted by molar-refractivity contribution is -0.125. The van der Waals surface area contributed by atoms with Gasteiger partial charge in [-0.25, -0.2) is 4.39 Å². The maximum absolute atomic E-state index is 13.0. The van der Waals surface area contributed by atoms with Crippen LogP contribution in [-0.2, 0) is 4.79 Å². The molecule has 0 saturated heterocycles. The van der Waals surface area contributed by atoms with E-state index in [1.54, 1.807) is 0 Å². The summed E-state index contributed by atoms with van der Waals surface area (Å²) < 4.78 is 13.0. The van der Waals surface area contributed by atoms with Crippen LogP contribution in [0.1, 0.15) is 56.8 Å². The van der Waals surface area contributed by atoms with Gasteiger partial charge in [0, 0.05) is 11.6 Å². The van der Waals surface area contributed by atoms with Crippen LogP contribution in [0.5, 0.6) is 0 Å². The predicted molar refractivity (Wildman–Crippen MR) is 99.0 cm³/mol. The van der Waals surface area contributed by atoms with Gasteiger partial charge in [-0.05, 0) is 74.1 Å². The Labute approximate surface area is 154 Å². The quantitative estimate of drug-likeness (QED) is 0.815. The summed E-state index contributed by atoms with van der Waals surface area (Å²) in [5.74, 6) is 1.21. The van der Waals surface area contributed by atoms with E-state index in [1.165, 1.54) is 49.9 Å². The topological polar surface area (TPSA) is 58.2 Å². The van der Waals surface area contributed by atoms with E-state index in [4.69, 9.17) is 0 Å². The minimum atomic E-state index is -0.603. The molecule has 2 aliphatic carbocycles. The molecule has 1 aromatic rings. The Morgan fingerprint density at radius 1 is 1.04 bits per heavy atom. The Kier molecular flexibility index (Phi) is 5.64. The van der Waals surface area contributed by atoms with Crippen LogP contribution in [0.4, 0.5) is 4.39 Å². The highest BCUT2D eigenvalue weighted by Crippen LogP contribution is 2.49. The fraction of sp³-hybridized carbons (Fsp3) is 0.619. The first kappa shape index (κ1) is 18.9. The van der Waals surface area contributed by atoms with Crippen molar-refractivity contribution in [2.75, 3.05) is 0 Å². The van der Waals surface area contributed by atoms with Crippen molar-refractivity contribution in [3.05, 3.63) is 35.6 Å². The number of amides is 2. The van der Waals surface area contributed by atoms with Crippen molar-refractivity contribution in [3.8, 4) is 0 Å². The lowest BCUT2D eigenvalue weighted by Crippen LogP contribution is -2.53. The number of benzene rings is 1. The van der Waals surface area contributed by atoms with Gasteiger partial charge < -0.3 is 10.6 Å². The zero-order chi connectivity index (χ0) is 18.8. The summed E-state index contributed by atoms with van der Waals surface area (Å²) >= 11 is 0. The van der Waals surface area contributed by atoms with Crippen LogP contribution < -0.4 is 10.6 Å². The van der Waals surface area contributed by atoms with Gasteiger partial charge in [0.05, 0.1) is 0 Å². The van der Waals surface area contributed by atoms with Crippen molar-refractivity contribution >= 4 is 11.8 Å². The second kappa shape index (κ2) is 7.77. The highest BCUT2D eigenvalue weighted by atomic mass is 19.1. The summed E-state index contributed by atoms with van der Waals surface area (Å²) in [6, 6.07) is 4.87. The van der Waals surface area contributed by atoms with Gasteiger partial charge in [-0.2, -0.15) is 0 Å². The molecule has 0 heterocycles. The molecule has 2 saturated carbocycles. The molecular weight excluding hydrogens is 331 g/mol. The molecule has 3 rings (SSSR count). The van der Waals surface area contributed by atoms with Crippen LogP contribution in [0.25, 0.3) is 0 Å². The van der Waals surface area contributed by atoms with Gasteiger partial charge in [-0.3, -0.25) is 9.59 Å². The highest BCUT2D eigenvalue weighted by molar-refractivity contribution is 5.97. The summed E-state index contributed by atoms with van der Waals surface area (Å²) in [5, 5.41) is 5.95. The molecule has 142 valence electrons. The number of hydrogen-bond donors (Lipinski definition) is 2. The van der Waals surface area contributed by atoms with E-state index in [0.717, 1.165) is 11.8 Å². The van der Waals surface area contributed by atoms with Gasteiger partial charge in [0.2, 0.25) is 5.91 Å². The molecule has 5 heteroatoms. The van der Waals surface area contributed by atoms with Crippen molar-refractivity contribution in [3.63, 3.8) is 0 Å². The molecule has 4 nitrogen and oxygen atoms in total. The molecule has 0 aromatic heterocycles. The number of fused-ring (bicyclic) bond motifs is 2. The standard InChI is InChI=1S/C21H29FN2O2/c1-12(2)19(24-20(25)15-6-8-17(22)9-7-15)21(26)23-13(3)18-11-14-4-5-16(18)10-14/h6-9,12-14,16,18-19H,4-5,10-11H2,1-3H3,(H,23,26)(H,24,25). The first-order valence-electron chi connectivity index (χ1n) is 9.72. The maximum atomic E-state index is 13.0. The van der Waals surface area contributed by atoms with Gasteiger partial charge in [-0.1, -0.05) is 20.3 Å². The third-order valence-corrected chi connectivity index (χ3v) is 6.15. The van der Waals surface area contributed by atoms with E-state index < -0.39 is 6.04 Å². The zero-order valence-corrected chi connectivity index (χ0v) is 15.8. The number of hydrogen-bond acceptors (Lipinski definition) is 2. The Morgan fingerprint density at radius 2 is 1.73 bits per heavy atom. The summed E-state index contributed by atoms with van der Waals surface area (Å²) in [6.45, 7) is 5.91. The molecule has 5 atom stereocenters. The van der Waals surface area contributed by atoms with Crippen LogP contribution in [0.15, 0.2) is 24.3 Å². The molecule has 2 fully saturated rings. The minimum Gasteiger partial charge on any atom is -0.352 e. The Morgan fingerprint density at radius 3 is 2.27 bits per heavy atom. The van der Waals surface area contributed by atoms with Gasteiger partial charge in [0.1, 0.15) is 11.9 Å². The molecule has 0 aliphatic heterocycles. The second-order valence-corrected chi connectivity index (χ2v) is 8.34. The Balaban J connectivity index is 1.60. The van der Waals surface area contributed by atoms with E-state index in [1.807, 2.05) is 13.8 Å². The summed E-state index contributed by atoms with van der Waals surface area (Å²) in [5.41, 5.74) is 0.353. The Bertz CT molecular complexity index is 658. The molecule has 2 N–H and O–H groups in total. The lowest BCUT2D eigenvalue weighted by Gasteiger charge is -2.31. The fourth-order valence-electron chi connectivity index (χ4n) is 4.69. The van der Waals surface area contributed by atoms with Gasteiger partial charge in [0.15, 0.2) is 0 Å². The first-order valence-corrected chi connectivity index (χ1v) is 9.72. The normalized spacial score (nSPS) is 26.6. The number of rotatable bonds is 6. The van der Waals surface area contributed by atoms with Crippen molar-refractivity contribution in [1.82, 2.24) is 10.6 Å². The lowest BCUT2D eigenvalue weighted by atomic mass is 9.84. The van der Waals surface area contributed by atoms with Crippen molar-refractivity contribution in [2.24, 2.45) is 23.7 Å².